The summed E-state index contributed by atoms with van der Waals surface area (Å²) in [5.74, 6) is 0.576. The number of rotatable bonds is 8. The lowest BCUT2D eigenvalue weighted by Gasteiger charge is -2.25. The molecule has 4 rings (SSSR count). The lowest BCUT2D eigenvalue weighted by molar-refractivity contribution is 0.109. The molecule has 0 atom stereocenters. The Balaban J connectivity index is 1.75. The fourth-order valence-electron chi connectivity index (χ4n) is 4.15. The van der Waals surface area contributed by atoms with E-state index in [4.69, 9.17) is 10.1 Å². The van der Waals surface area contributed by atoms with Crippen molar-refractivity contribution in [3.05, 3.63) is 30.5 Å². The number of aliphatic hydroxyl groups excluding tert-OH is 1. The molecule has 0 aliphatic heterocycles. The van der Waals surface area contributed by atoms with E-state index in [1.54, 1.807) is 30.5 Å². The summed E-state index contributed by atoms with van der Waals surface area (Å²) in [6.45, 7) is 2.94. The lowest BCUT2D eigenvalue weighted by atomic mass is 9.93. The van der Waals surface area contributed by atoms with E-state index in [1.165, 1.54) is 18.4 Å². The van der Waals surface area contributed by atoms with Gasteiger partial charge in [-0.3, -0.25) is 0 Å². The van der Waals surface area contributed by atoms with Crippen molar-refractivity contribution in [1.29, 1.82) is 0 Å². The molecule has 2 heterocycles. The predicted molar refractivity (Wildman–Crippen MR) is 129 cm³/mol. The first kappa shape index (κ1) is 23.6. The van der Waals surface area contributed by atoms with Crippen molar-refractivity contribution in [3.63, 3.8) is 0 Å². The van der Waals surface area contributed by atoms with Gasteiger partial charge in [-0.1, -0.05) is 25.5 Å². The fourth-order valence-corrected chi connectivity index (χ4v) is 5.05. The molecule has 33 heavy (non-hydrogen) atoms. The highest BCUT2D eigenvalue weighted by molar-refractivity contribution is 7.89. The van der Waals surface area contributed by atoms with Gasteiger partial charge < -0.3 is 10.4 Å². The van der Waals surface area contributed by atoms with Crippen molar-refractivity contribution < 1.29 is 13.5 Å². The van der Waals surface area contributed by atoms with Crippen LogP contribution in [0.25, 0.3) is 22.3 Å². The minimum absolute atomic E-state index is 0.149. The van der Waals surface area contributed by atoms with Crippen molar-refractivity contribution in [2.75, 3.05) is 26.0 Å². The van der Waals surface area contributed by atoms with Crippen LogP contribution in [0.1, 0.15) is 51.5 Å². The first-order valence-electron chi connectivity index (χ1n) is 11.5. The van der Waals surface area contributed by atoms with E-state index in [0.717, 1.165) is 67.4 Å². The van der Waals surface area contributed by atoms with Crippen LogP contribution in [-0.4, -0.2) is 64.3 Å². The van der Waals surface area contributed by atoms with E-state index >= 15 is 0 Å². The van der Waals surface area contributed by atoms with E-state index < -0.39 is 10.0 Å². The monoisotopic (exact) mass is 472 g/mol. The second kappa shape index (κ2) is 9.74. The molecule has 2 N–H and O–H groups in total. The standard InChI is InChI=1S/C23H32N6O3S/c1-4-5-14-24-23-25-15-20-21(16-6-12-19(13-7-16)33(31,32)28(2)3)27-29(22(20)26-23)17-8-10-18(30)11-9-17/h6-7,12-13,15,17-18,30H,4-5,8-11,14H2,1-3H3,(H,24,25,26). The summed E-state index contributed by atoms with van der Waals surface area (Å²) in [4.78, 5) is 9.51. The van der Waals surface area contributed by atoms with Crippen LogP contribution in [0.3, 0.4) is 0 Å². The van der Waals surface area contributed by atoms with E-state index in [9.17, 15) is 13.5 Å². The zero-order chi connectivity index (χ0) is 23.6. The second-order valence-corrected chi connectivity index (χ2v) is 10.9. The van der Waals surface area contributed by atoms with Crippen LogP contribution >= 0.6 is 0 Å². The maximum absolute atomic E-state index is 12.4. The van der Waals surface area contributed by atoms with Crippen molar-refractivity contribution in [1.82, 2.24) is 24.1 Å². The molecule has 0 unspecified atom stereocenters. The molecule has 0 saturated heterocycles. The van der Waals surface area contributed by atoms with Gasteiger partial charge in [0.2, 0.25) is 16.0 Å². The highest BCUT2D eigenvalue weighted by Crippen LogP contribution is 2.34. The van der Waals surface area contributed by atoms with Gasteiger partial charge >= 0.3 is 0 Å². The number of aliphatic hydroxyl groups is 1. The molecular weight excluding hydrogens is 440 g/mol. The number of unbranched alkanes of at least 4 members (excludes halogenated alkanes) is 1. The summed E-state index contributed by atoms with van der Waals surface area (Å²) in [7, 11) is -0.467. The molecular formula is C23H32N6O3S. The largest absolute Gasteiger partial charge is 0.393 e. The van der Waals surface area contributed by atoms with Gasteiger partial charge in [-0.25, -0.2) is 22.4 Å². The van der Waals surface area contributed by atoms with Gasteiger partial charge in [0.15, 0.2) is 5.65 Å². The lowest BCUT2D eigenvalue weighted by Crippen LogP contribution is -2.22. The zero-order valence-electron chi connectivity index (χ0n) is 19.4. The van der Waals surface area contributed by atoms with Gasteiger partial charge in [-0.2, -0.15) is 10.1 Å². The van der Waals surface area contributed by atoms with Crippen molar-refractivity contribution in [2.24, 2.45) is 0 Å². The number of nitrogens with zero attached hydrogens (tertiary/aromatic N) is 5. The number of hydrogen-bond donors (Lipinski definition) is 2. The third-order valence-corrected chi connectivity index (χ3v) is 8.01. The van der Waals surface area contributed by atoms with Crippen molar-refractivity contribution >= 4 is 27.0 Å². The maximum Gasteiger partial charge on any atom is 0.242 e. The molecule has 1 aromatic carbocycles. The van der Waals surface area contributed by atoms with Gasteiger partial charge in [0.1, 0.15) is 5.69 Å². The highest BCUT2D eigenvalue weighted by Gasteiger charge is 2.26. The van der Waals surface area contributed by atoms with Crippen LogP contribution in [0.5, 0.6) is 0 Å². The van der Waals surface area contributed by atoms with Crippen LogP contribution in [0.2, 0.25) is 0 Å². The summed E-state index contributed by atoms with van der Waals surface area (Å²) in [5, 5.41) is 19.0. The van der Waals surface area contributed by atoms with Crippen molar-refractivity contribution in [2.45, 2.75) is 62.5 Å². The number of nitrogens with one attached hydrogen (secondary N) is 1. The number of benzene rings is 1. The summed E-state index contributed by atoms with van der Waals surface area (Å²) in [5.41, 5.74) is 2.29. The van der Waals surface area contributed by atoms with Crippen LogP contribution in [0.15, 0.2) is 35.4 Å². The Bertz CT molecular complexity index is 1200. The first-order valence-corrected chi connectivity index (χ1v) is 13.0. The van der Waals surface area contributed by atoms with Crippen LogP contribution < -0.4 is 5.32 Å². The third-order valence-electron chi connectivity index (χ3n) is 6.18. The Hall–Kier alpha value is -2.56. The molecule has 9 nitrogen and oxygen atoms in total. The van der Waals surface area contributed by atoms with Crippen LogP contribution in [0.4, 0.5) is 5.95 Å². The van der Waals surface area contributed by atoms with Gasteiger partial charge in [0, 0.05) is 32.4 Å². The Kier molecular flexibility index (Phi) is 6.96. The number of hydrogen-bond acceptors (Lipinski definition) is 7. The molecule has 3 aromatic rings. The topological polar surface area (TPSA) is 113 Å². The van der Waals surface area contributed by atoms with Crippen LogP contribution in [-0.2, 0) is 10.0 Å². The normalized spacial score (nSPS) is 19.3. The molecule has 1 fully saturated rings. The van der Waals surface area contributed by atoms with Crippen LogP contribution in [0, 0.1) is 0 Å². The first-order chi connectivity index (χ1) is 15.8. The molecule has 0 bridgehead atoms. The SMILES string of the molecule is CCCCNc1ncc2c(-c3ccc(S(=O)(=O)N(C)C)cc3)nn(C3CCC(O)CC3)c2n1. The summed E-state index contributed by atoms with van der Waals surface area (Å²) >= 11 is 0. The Morgan fingerprint density at radius 3 is 2.48 bits per heavy atom. The molecule has 10 heteroatoms. The minimum atomic E-state index is -3.50. The summed E-state index contributed by atoms with van der Waals surface area (Å²) < 4.78 is 28.0. The van der Waals surface area contributed by atoms with E-state index in [0.29, 0.717) is 5.95 Å². The molecule has 1 saturated carbocycles. The van der Waals surface area contributed by atoms with E-state index in [1.807, 2.05) is 4.68 Å². The zero-order valence-corrected chi connectivity index (χ0v) is 20.2. The third kappa shape index (κ3) is 4.87. The van der Waals surface area contributed by atoms with E-state index in [2.05, 4.69) is 17.2 Å². The highest BCUT2D eigenvalue weighted by atomic mass is 32.2. The van der Waals surface area contributed by atoms with Crippen molar-refractivity contribution in [3.8, 4) is 11.3 Å². The second-order valence-electron chi connectivity index (χ2n) is 8.78. The average Bonchev–Trinajstić information content (AvgIpc) is 3.18. The van der Waals surface area contributed by atoms with E-state index in [-0.39, 0.29) is 17.0 Å². The quantitative estimate of drug-likeness (QED) is 0.483. The van der Waals surface area contributed by atoms with Gasteiger partial charge in [0.25, 0.3) is 0 Å². The smallest absolute Gasteiger partial charge is 0.242 e. The number of fused-ring (bicyclic) bond motifs is 1. The molecule has 1 aliphatic carbocycles. The molecule has 0 radical (unpaired) electrons. The predicted octanol–water partition coefficient (Wildman–Crippen LogP) is 3.43. The fraction of sp³-hybridized carbons (Fsp3) is 0.522. The summed E-state index contributed by atoms with van der Waals surface area (Å²) in [6.07, 6.45) is 6.80. The molecule has 2 aromatic heterocycles. The Morgan fingerprint density at radius 1 is 1.15 bits per heavy atom. The van der Waals surface area contributed by atoms with Gasteiger partial charge in [-0.05, 0) is 44.2 Å². The molecule has 0 spiro atoms. The molecule has 0 amide bonds. The maximum atomic E-state index is 12.4. The number of aromatic nitrogens is 4. The number of anilines is 1. The number of sulfonamides is 1. The summed E-state index contributed by atoms with van der Waals surface area (Å²) in [6, 6.07) is 6.92. The Morgan fingerprint density at radius 2 is 1.85 bits per heavy atom. The van der Waals surface area contributed by atoms with Gasteiger partial charge in [0.05, 0.1) is 22.4 Å². The van der Waals surface area contributed by atoms with Gasteiger partial charge in [-0.15, -0.1) is 0 Å². The Labute approximate surface area is 194 Å². The minimum Gasteiger partial charge on any atom is -0.393 e. The molecule has 1 aliphatic rings. The average molecular weight is 473 g/mol. The molecule has 178 valence electrons.